The molecule has 0 bridgehead atoms. The lowest BCUT2D eigenvalue weighted by Gasteiger charge is -2.16. The molecule has 2 heterocycles. The van der Waals surface area contributed by atoms with Gasteiger partial charge < -0.3 is 4.57 Å². The van der Waals surface area contributed by atoms with Crippen molar-refractivity contribution in [1.82, 2.24) is 19.5 Å². The maximum Gasteiger partial charge on any atom is 0.166 e. The summed E-state index contributed by atoms with van der Waals surface area (Å²) in [5.74, 6) is 1.81. The fourth-order valence-electron chi connectivity index (χ4n) is 10.2. The highest BCUT2D eigenvalue weighted by Gasteiger charge is 2.21. The van der Waals surface area contributed by atoms with E-state index in [1.165, 1.54) is 54.2 Å². The molecule has 0 saturated carbocycles. The zero-order valence-corrected chi connectivity index (χ0v) is 36.4. The molecule has 11 aromatic carbocycles. The number of rotatable bonds is 7. The number of aromatic nitrogens is 4. The summed E-state index contributed by atoms with van der Waals surface area (Å²) in [6.45, 7) is 0. The van der Waals surface area contributed by atoms with Gasteiger partial charge in [0.05, 0.1) is 16.7 Å². The van der Waals surface area contributed by atoms with Gasteiger partial charge in [-0.05, 0) is 108 Å². The minimum atomic E-state index is 0.600. The van der Waals surface area contributed by atoms with Crippen molar-refractivity contribution in [2.24, 2.45) is 0 Å². The van der Waals surface area contributed by atoms with Gasteiger partial charge in [-0.25, -0.2) is 15.0 Å². The Morgan fingerprint density at radius 1 is 0.254 bits per heavy atom. The van der Waals surface area contributed by atoms with Crippen molar-refractivity contribution >= 4 is 54.1 Å². The quantitative estimate of drug-likeness (QED) is 0.118. The molecule has 13 rings (SSSR count). The third-order valence-corrected chi connectivity index (χ3v) is 13.2. The SMILES string of the molecule is c1ccc(-c2ccccc2-c2nc(-c3cccc(-c4cccc(-c5c6ccccc6cc6c5ccc5ccccc56)c4)c3)nc(-c3ccccc3-n3c4ccccc4c4ccccc43)n2)cc1. The van der Waals surface area contributed by atoms with Gasteiger partial charge >= 0.3 is 0 Å². The molecule has 0 atom stereocenters. The molecule has 0 aliphatic carbocycles. The molecule has 0 amide bonds. The van der Waals surface area contributed by atoms with E-state index >= 15 is 0 Å². The first kappa shape index (κ1) is 38.5. The molecule has 0 radical (unpaired) electrons. The van der Waals surface area contributed by atoms with E-state index in [-0.39, 0.29) is 0 Å². The van der Waals surface area contributed by atoms with E-state index in [9.17, 15) is 0 Å². The molecule has 0 saturated heterocycles. The minimum absolute atomic E-state index is 0.600. The summed E-state index contributed by atoms with van der Waals surface area (Å²) >= 11 is 0. The van der Waals surface area contributed by atoms with Crippen LogP contribution in [-0.2, 0) is 0 Å². The van der Waals surface area contributed by atoms with Crippen LogP contribution in [0.25, 0.3) is 127 Å². The second kappa shape index (κ2) is 15.9. The molecule has 67 heavy (non-hydrogen) atoms. The second-order valence-corrected chi connectivity index (χ2v) is 17.1. The van der Waals surface area contributed by atoms with Crippen LogP contribution in [0.15, 0.2) is 243 Å². The average molecular weight is 853 g/mol. The summed E-state index contributed by atoms with van der Waals surface area (Å²) < 4.78 is 2.34. The molecule has 0 aliphatic heterocycles. The Bertz CT molecular complexity index is 4000. The second-order valence-electron chi connectivity index (χ2n) is 17.1. The predicted octanol–water partition coefficient (Wildman–Crippen LogP) is 16.4. The van der Waals surface area contributed by atoms with Crippen LogP contribution >= 0.6 is 0 Å². The molecular weight excluding hydrogens is 813 g/mol. The van der Waals surface area contributed by atoms with Crippen molar-refractivity contribution in [3.63, 3.8) is 0 Å². The number of benzene rings is 11. The van der Waals surface area contributed by atoms with Crippen LogP contribution in [0.1, 0.15) is 0 Å². The number of hydrogen-bond acceptors (Lipinski definition) is 3. The number of fused-ring (bicyclic) bond motifs is 7. The maximum atomic E-state index is 5.39. The van der Waals surface area contributed by atoms with Gasteiger partial charge in [-0.1, -0.05) is 200 Å². The molecule has 0 aliphatic rings. The Morgan fingerprint density at radius 2 is 0.761 bits per heavy atom. The van der Waals surface area contributed by atoms with Crippen molar-refractivity contribution in [2.75, 3.05) is 0 Å². The Labute approximate surface area is 387 Å². The first-order valence-electron chi connectivity index (χ1n) is 22.8. The predicted molar refractivity (Wildman–Crippen MR) is 279 cm³/mol. The zero-order chi connectivity index (χ0) is 44.3. The van der Waals surface area contributed by atoms with Gasteiger partial charge in [-0.15, -0.1) is 0 Å². The third kappa shape index (κ3) is 6.57. The third-order valence-electron chi connectivity index (χ3n) is 13.2. The molecule has 0 spiro atoms. The smallest absolute Gasteiger partial charge is 0.166 e. The minimum Gasteiger partial charge on any atom is -0.309 e. The summed E-state index contributed by atoms with van der Waals surface area (Å²) in [7, 11) is 0. The summed E-state index contributed by atoms with van der Waals surface area (Å²) in [6.07, 6.45) is 0. The lowest BCUT2D eigenvalue weighted by atomic mass is 9.89. The Hall–Kier alpha value is -8.99. The summed E-state index contributed by atoms with van der Waals surface area (Å²) in [4.78, 5) is 16.1. The summed E-state index contributed by atoms with van der Waals surface area (Å²) in [5, 5.41) is 9.86. The summed E-state index contributed by atoms with van der Waals surface area (Å²) in [5.41, 5.74) is 12.8. The van der Waals surface area contributed by atoms with Gasteiger partial charge in [0, 0.05) is 27.5 Å². The van der Waals surface area contributed by atoms with E-state index in [0.717, 1.165) is 55.7 Å². The van der Waals surface area contributed by atoms with E-state index in [0.29, 0.717) is 17.5 Å². The van der Waals surface area contributed by atoms with Gasteiger partial charge in [0.15, 0.2) is 17.5 Å². The van der Waals surface area contributed by atoms with Gasteiger partial charge in [-0.2, -0.15) is 0 Å². The molecule has 4 nitrogen and oxygen atoms in total. The first-order valence-corrected chi connectivity index (χ1v) is 22.8. The average Bonchev–Trinajstić information content (AvgIpc) is 3.74. The number of para-hydroxylation sites is 3. The topological polar surface area (TPSA) is 43.6 Å². The summed E-state index contributed by atoms with van der Waals surface area (Å²) in [6, 6.07) is 86.5. The maximum absolute atomic E-state index is 5.39. The fraction of sp³-hybridized carbons (Fsp3) is 0. The van der Waals surface area contributed by atoms with Crippen LogP contribution in [0.5, 0.6) is 0 Å². The molecule has 2 aromatic heterocycles. The lowest BCUT2D eigenvalue weighted by molar-refractivity contribution is 1.06. The number of nitrogens with zero attached hydrogens (tertiary/aromatic N) is 4. The molecule has 4 heteroatoms. The lowest BCUT2D eigenvalue weighted by Crippen LogP contribution is -2.04. The van der Waals surface area contributed by atoms with Crippen molar-refractivity contribution in [3.8, 4) is 73.2 Å². The monoisotopic (exact) mass is 852 g/mol. The van der Waals surface area contributed by atoms with Crippen molar-refractivity contribution in [2.45, 2.75) is 0 Å². The Morgan fingerprint density at radius 3 is 1.51 bits per heavy atom. The molecule has 0 N–H and O–H groups in total. The molecule has 13 aromatic rings. The van der Waals surface area contributed by atoms with Crippen molar-refractivity contribution in [3.05, 3.63) is 243 Å². The van der Waals surface area contributed by atoms with Crippen molar-refractivity contribution < 1.29 is 0 Å². The van der Waals surface area contributed by atoms with Crippen LogP contribution in [0.3, 0.4) is 0 Å². The van der Waals surface area contributed by atoms with Crippen LogP contribution in [0.4, 0.5) is 0 Å². The standard InChI is InChI=1S/C63H40N4/c1-2-18-41(19-3-1)48-26-8-9-31-54(48)62-64-61(65-63(66-62)55-32-12-15-35-59(55)67-57-33-13-10-29-51(57)52-30-11-14-34-58(52)67)47-25-17-23-44(39-47)43-22-16-24-46(38-43)60-50-28-7-5-21-45(50)40-56-49-27-6-4-20-42(49)36-37-53(56)60/h1-40H. The van der Waals surface area contributed by atoms with E-state index in [1.54, 1.807) is 0 Å². The highest BCUT2D eigenvalue weighted by Crippen LogP contribution is 2.42. The van der Waals surface area contributed by atoms with Crippen LogP contribution in [0.2, 0.25) is 0 Å². The molecule has 312 valence electrons. The van der Waals surface area contributed by atoms with Gasteiger partial charge in [0.25, 0.3) is 0 Å². The first-order chi connectivity index (χ1) is 33.2. The van der Waals surface area contributed by atoms with Crippen LogP contribution in [-0.4, -0.2) is 19.5 Å². The van der Waals surface area contributed by atoms with E-state index in [2.05, 4.69) is 241 Å². The van der Waals surface area contributed by atoms with Gasteiger partial charge in [0.1, 0.15) is 0 Å². The van der Waals surface area contributed by atoms with E-state index in [4.69, 9.17) is 15.0 Å². The molecular formula is C63H40N4. The molecule has 0 fully saturated rings. The van der Waals surface area contributed by atoms with Crippen LogP contribution in [0, 0.1) is 0 Å². The largest absolute Gasteiger partial charge is 0.309 e. The van der Waals surface area contributed by atoms with E-state index < -0.39 is 0 Å². The Kier molecular flexibility index (Phi) is 9.14. The highest BCUT2D eigenvalue weighted by atomic mass is 15.1. The van der Waals surface area contributed by atoms with Crippen LogP contribution < -0.4 is 0 Å². The van der Waals surface area contributed by atoms with E-state index in [1.807, 2.05) is 6.07 Å². The van der Waals surface area contributed by atoms with Gasteiger partial charge in [-0.3, -0.25) is 0 Å². The molecule has 0 unspecified atom stereocenters. The van der Waals surface area contributed by atoms with Crippen molar-refractivity contribution in [1.29, 1.82) is 0 Å². The Balaban J connectivity index is 0.995. The highest BCUT2D eigenvalue weighted by molar-refractivity contribution is 6.20. The number of hydrogen-bond donors (Lipinski definition) is 0. The fourth-order valence-corrected chi connectivity index (χ4v) is 10.2. The zero-order valence-electron chi connectivity index (χ0n) is 36.4. The normalized spacial score (nSPS) is 11.6. The van der Waals surface area contributed by atoms with Gasteiger partial charge in [0.2, 0.25) is 0 Å².